The monoisotopic (exact) mass is 473 g/mol. The summed E-state index contributed by atoms with van der Waals surface area (Å²) in [5.41, 5.74) is 0.793. The molecule has 0 spiro atoms. The molecule has 1 unspecified atom stereocenters. The van der Waals surface area contributed by atoms with Crippen molar-refractivity contribution < 1.29 is 19.2 Å². The minimum Gasteiger partial charge on any atom is -0.493 e. The third-order valence-corrected chi connectivity index (χ3v) is 6.05. The normalized spacial score (nSPS) is 12.2. The molecule has 35 heavy (non-hydrogen) atoms. The number of likely N-dealkylation sites (N-methyl/N-ethyl adjacent to an activating group) is 1. The number of nitro groups is 1. The van der Waals surface area contributed by atoms with E-state index in [1.807, 2.05) is 24.3 Å². The number of non-ortho nitro benzene ring substituents is 1. The van der Waals surface area contributed by atoms with Crippen molar-refractivity contribution >= 4 is 11.6 Å². The van der Waals surface area contributed by atoms with E-state index in [0.717, 1.165) is 5.56 Å². The van der Waals surface area contributed by atoms with Crippen molar-refractivity contribution in [3.8, 4) is 17.6 Å². The van der Waals surface area contributed by atoms with Crippen LogP contribution in [0.2, 0.25) is 0 Å². The molecule has 0 heterocycles. The van der Waals surface area contributed by atoms with Gasteiger partial charge in [0.25, 0.3) is 5.69 Å². The Hall–Kier alpha value is -4.38. The second-order valence-electron chi connectivity index (χ2n) is 8.12. The fourth-order valence-corrected chi connectivity index (χ4v) is 3.95. The molecule has 0 saturated heterocycles. The quantitative estimate of drug-likeness (QED) is 0.317. The molecule has 8 heteroatoms. The summed E-state index contributed by atoms with van der Waals surface area (Å²) in [6, 6.07) is 22.8. The summed E-state index contributed by atoms with van der Waals surface area (Å²) in [7, 11) is 4.84. The van der Waals surface area contributed by atoms with Crippen LogP contribution in [0.4, 0.5) is 5.69 Å². The number of nitro benzene ring substituents is 1. The van der Waals surface area contributed by atoms with Crippen molar-refractivity contribution in [2.24, 2.45) is 0 Å². The lowest BCUT2D eigenvalue weighted by Gasteiger charge is -2.29. The van der Waals surface area contributed by atoms with Crippen LogP contribution in [0.1, 0.15) is 23.1 Å². The summed E-state index contributed by atoms with van der Waals surface area (Å²) in [4.78, 5) is 25.5. The number of methoxy groups -OCH3 is 2. The van der Waals surface area contributed by atoms with Gasteiger partial charge in [-0.15, -0.1) is 0 Å². The zero-order chi connectivity index (χ0) is 25.4. The number of carbonyl (C=O) groups excluding carboxylic acids is 1. The molecule has 0 aliphatic carbocycles. The van der Waals surface area contributed by atoms with E-state index in [9.17, 15) is 20.2 Å². The number of amides is 1. The third-order valence-electron chi connectivity index (χ3n) is 6.05. The highest BCUT2D eigenvalue weighted by molar-refractivity contribution is 5.79. The van der Waals surface area contributed by atoms with Gasteiger partial charge in [-0.05, 0) is 35.2 Å². The molecular formula is C27H27N3O5. The van der Waals surface area contributed by atoms with Gasteiger partial charge in [0.05, 0.1) is 31.6 Å². The first-order valence-electron chi connectivity index (χ1n) is 11.0. The maximum Gasteiger partial charge on any atom is 0.269 e. The van der Waals surface area contributed by atoms with E-state index in [4.69, 9.17) is 9.47 Å². The zero-order valence-corrected chi connectivity index (χ0v) is 19.9. The molecule has 0 N–H and O–H groups in total. The molecule has 0 aliphatic rings. The lowest BCUT2D eigenvalue weighted by atomic mass is 9.73. The fraction of sp³-hybridized carbons (Fsp3) is 0.259. The average Bonchev–Trinajstić information content (AvgIpc) is 2.90. The standard InChI is InChI=1S/C27H27N3O5/c1-29(16-15-20-9-14-24(34-2)25(17-20)35-3)26(31)18-27(19-28,21-7-5-4-6-8-21)22-10-12-23(13-11-22)30(32)33/h4-14,17H,15-16,18H2,1-3H3. The summed E-state index contributed by atoms with van der Waals surface area (Å²) in [6.45, 7) is 0.435. The Balaban J connectivity index is 1.84. The average molecular weight is 474 g/mol. The number of rotatable bonds is 10. The molecular weight excluding hydrogens is 446 g/mol. The molecule has 1 amide bonds. The highest BCUT2D eigenvalue weighted by Gasteiger charge is 2.38. The minimum absolute atomic E-state index is 0.0768. The topological polar surface area (TPSA) is 106 Å². The van der Waals surface area contributed by atoms with Crippen LogP contribution in [0.15, 0.2) is 72.8 Å². The van der Waals surface area contributed by atoms with Crippen LogP contribution < -0.4 is 9.47 Å². The van der Waals surface area contributed by atoms with Gasteiger partial charge >= 0.3 is 0 Å². The van der Waals surface area contributed by atoms with Gasteiger partial charge in [0.15, 0.2) is 11.5 Å². The second-order valence-corrected chi connectivity index (χ2v) is 8.12. The lowest BCUT2D eigenvalue weighted by Crippen LogP contribution is -2.37. The van der Waals surface area contributed by atoms with E-state index in [1.165, 1.54) is 12.1 Å². The Morgan fingerprint density at radius 3 is 2.20 bits per heavy atom. The number of carbonyl (C=O) groups is 1. The molecule has 1 atom stereocenters. The van der Waals surface area contributed by atoms with Crippen molar-refractivity contribution in [1.82, 2.24) is 4.90 Å². The highest BCUT2D eigenvalue weighted by Crippen LogP contribution is 2.36. The van der Waals surface area contributed by atoms with Crippen molar-refractivity contribution in [1.29, 1.82) is 5.26 Å². The number of hydrogen-bond acceptors (Lipinski definition) is 6. The second kappa shape index (κ2) is 11.2. The van der Waals surface area contributed by atoms with E-state index < -0.39 is 10.3 Å². The number of ether oxygens (including phenoxy) is 2. The van der Waals surface area contributed by atoms with Gasteiger partial charge < -0.3 is 14.4 Å². The summed E-state index contributed by atoms with van der Waals surface area (Å²) < 4.78 is 10.6. The first-order chi connectivity index (χ1) is 16.8. The van der Waals surface area contributed by atoms with Gasteiger partial charge in [-0.3, -0.25) is 14.9 Å². The van der Waals surface area contributed by atoms with E-state index in [1.54, 1.807) is 62.6 Å². The smallest absolute Gasteiger partial charge is 0.269 e. The Labute approximate surface area is 204 Å². The highest BCUT2D eigenvalue weighted by atomic mass is 16.6. The van der Waals surface area contributed by atoms with Crippen LogP contribution >= 0.6 is 0 Å². The Kier molecular flexibility index (Phi) is 8.05. The van der Waals surface area contributed by atoms with Crippen LogP contribution in [0.3, 0.4) is 0 Å². The van der Waals surface area contributed by atoms with Crippen molar-refractivity contribution in [3.05, 3.63) is 99.6 Å². The van der Waals surface area contributed by atoms with Gasteiger partial charge in [-0.25, -0.2) is 0 Å². The summed E-state index contributed by atoms with van der Waals surface area (Å²) in [6.07, 6.45) is 0.485. The van der Waals surface area contributed by atoms with E-state index >= 15 is 0 Å². The number of nitrogens with zero attached hydrogens (tertiary/aromatic N) is 3. The van der Waals surface area contributed by atoms with Crippen LogP contribution in [0.5, 0.6) is 11.5 Å². The van der Waals surface area contributed by atoms with Gasteiger partial charge in [-0.1, -0.05) is 48.5 Å². The zero-order valence-electron chi connectivity index (χ0n) is 19.9. The molecule has 0 saturated carbocycles. The fourth-order valence-electron chi connectivity index (χ4n) is 3.95. The molecule has 0 bridgehead atoms. The summed E-state index contributed by atoms with van der Waals surface area (Å²) in [5.74, 6) is 1.03. The molecule has 0 aliphatic heterocycles. The molecule has 180 valence electrons. The largest absolute Gasteiger partial charge is 0.493 e. The minimum atomic E-state index is -1.29. The predicted molar refractivity (Wildman–Crippen MR) is 131 cm³/mol. The molecule has 8 nitrogen and oxygen atoms in total. The Morgan fingerprint density at radius 2 is 1.63 bits per heavy atom. The maximum atomic E-state index is 13.3. The molecule has 0 radical (unpaired) electrons. The summed E-state index contributed by atoms with van der Waals surface area (Å²) in [5, 5.41) is 21.4. The van der Waals surface area contributed by atoms with E-state index in [2.05, 4.69) is 6.07 Å². The maximum absolute atomic E-state index is 13.3. The van der Waals surface area contributed by atoms with Crippen LogP contribution in [0, 0.1) is 21.4 Å². The summed E-state index contributed by atoms with van der Waals surface area (Å²) >= 11 is 0. The van der Waals surface area contributed by atoms with Gasteiger partial charge in [-0.2, -0.15) is 5.26 Å². The van der Waals surface area contributed by atoms with Crippen LogP contribution in [-0.2, 0) is 16.6 Å². The Morgan fingerprint density at radius 1 is 1.00 bits per heavy atom. The molecule has 0 fully saturated rings. The van der Waals surface area contributed by atoms with Crippen molar-refractivity contribution in [3.63, 3.8) is 0 Å². The first-order valence-corrected chi connectivity index (χ1v) is 11.0. The van der Waals surface area contributed by atoms with E-state index in [-0.39, 0.29) is 18.0 Å². The van der Waals surface area contributed by atoms with Gasteiger partial charge in [0.2, 0.25) is 5.91 Å². The number of benzene rings is 3. The number of hydrogen-bond donors (Lipinski definition) is 0. The molecule has 0 aromatic heterocycles. The Bertz CT molecular complexity index is 1220. The van der Waals surface area contributed by atoms with Gasteiger partial charge in [0.1, 0.15) is 5.41 Å². The first kappa shape index (κ1) is 25.2. The van der Waals surface area contributed by atoms with Crippen LogP contribution in [0.25, 0.3) is 0 Å². The predicted octanol–water partition coefficient (Wildman–Crippen LogP) is 4.51. The molecule has 3 aromatic carbocycles. The number of nitriles is 1. The van der Waals surface area contributed by atoms with Gasteiger partial charge in [0, 0.05) is 25.7 Å². The SMILES string of the molecule is COc1ccc(CCN(C)C(=O)CC(C#N)(c2ccccc2)c2ccc([N+](=O)[O-])cc2)cc1OC. The molecule has 3 rings (SSSR count). The van der Waals surface area contributed by atoms with Crippen molar-refractivity contribution in [2.45, 2.75) is 18.3 Å². The lowest BCUT2D eigenvalue weighted by molar-refractivity contribution is -0.384. The third kappa shape index (κ3) is 5.58. The van der Waals surface area contributed by atoms with Crippen LogP contribution in [-0.4, -0.2) is 43.5 Å². The van der Waals surface area contributed by atoms with E-state index in [0.29, 0.717) is 35.6 Å². The molecule has 3 aromatic rings. The van der Waals surface area contributed by atoms with Crippen molar-refractivity contribution in [2.75, 3.05) is 27.8 Å².